The van der Waals surface area contributed by atoms with Gasteiger partial charge in [-0.15, -0.1) is 5.73 Å². The van der Waals surface area contributed by atoms with E-state index < -0.39 is 0 Å². The molecule has 0 aromatic heterocycles. The molecule has 2 N–H and O–H groups in total. The van der Waals surface area contributed by atoms with E-state index in [0.717, 1.165) is 61.6 Å². The van der Waals surface area contributed by atoms with E-state index in [9.17, 15) is 0 Å². The molecule has 1 aliphatic heterocycles. The molecule has 1 unspecified atom stereocenters. The van der Waals surface area contributed by atoms with Crippen LogP contribution in [-0.2, 0) is 0 Å². The molecule has 1 aromatic rings. The average molecular weight is 543 g/mol. The second-order valence-corrected chi connectivity index (χ2v) is 9.98. The maximum absolute atomic E-state index is 4.93. The quantitative estimate of drug-likeness (QED) is 0.158. The van der Waals surface area contributed by atoms with E-state index in [2.05, 4.69) is 78.3 Å². The molecule has 1 heterocycles. The summed E-state index contributed by atoms with van der Waals surface area (Å²) in [5.74, 6) is 0. The Hall–Kier alpha value is -3.17. The molecule has 1 atom stereocenters. The van der Waals surface area contributed by atoms with Crippen molar-refractivity contribution in [2.75, 3.05) is 38.5 Å². The highest BCUT2D eigenvalue weighted by Crippen LogP contribution is 2.28. The molecule has 0 bridgehead atoms. The number of dihydropyridines is 1. The van der Waals surface area contributed by atoms with E-state index in [1.807, 2.05) is 59.0 Å². The summed E-state index contributed by atoms with van der Waals surface area (Å²) in [6, 6.07) is 8.83. The van der Waals surface area contributed by atoms with Crippen molar-refractivity contribution < 1.29 is 0 Å². The standard InChI is InChI=1S/C23H34N4.C11H14.C2H6/c1-18-9-4-5-12-21(18)26-19(2)17-27(16-8-14-24-3)22-13-6-10-20-11-7-15-25-23(20)22;1-5-7-11(6-2)9-8-10(3)4;1-2/h4-5,9,11-12,22,24,26H,2,6-8,10,13-17H2,1,3H3;6-9H,1,3H2,2,4H3;1-2H3/b;9-8-,11-6-;. The van der Waals surface area contributed by atoms with Gasteiger partial charge in [0.1, 0.15) is 0 Å². The predicted octanol–water partition coefficient (Wildman–Crippen LogP) is 8.59. The third-order valence-electron chi connectivity index (χ3n) is 6.70. The lowest BCUT2D eigenvalue weighted by molar-refractivity contribution is 0.241. The summed E-state index contributed by atoms with van der Waals surface area (Å²) >= 11 is 0. The van der Waals surface area contributed by atoms with Gasteiger partial charge in [-0.05, 0) is 95.3 Å². The Morgan fingerprint density at radius 3 is 2.60 bits per heavy atom. The number of rotatable bonds is 12. The molecule has 218 valence electrons. The van der Waals surface area contributed by atoms with Crippen molar-refractivity contribution in [3.8, 4) is 0 Å². The molecule has 1 saturated carbocycles. The Morgan fingerprint density at radius 1 is 1.20 bits per heavy atom. The summed E-state index contributed by atoms with van der Waals surface area (Å²) in [7, 11) is 2.02. The molecule has 0 spiro atoms. The van der Waals surface area contributed by atoms with Crippen LogP contribution >= 0.6 is 0 Å². The number of hydrogen-bond donors (Lipinski definition) is 2. The van der Waals surface area contributed by atoms with Gasteiger partial charge in [0.25, 0.3) is 0 Å². The van der Waals surface area contributed by atoms with Crippen molar-refractivity contribution in [2.45, 2.75) is 72.8 Å². The molecule has 1 aliphatic carbocycles. The number of aliphatic imine (C=N–C) groups is 1. The van der Waals surface area contributed by atoms with Gasteiger partial charge < -0.3 is 10.6 Å². The molecule has 2 aliphatic rings. The molecular weight excluding hydrogens is 488 g/mol. The number of fused-ring (bicyclic) bond motifs is 1. The molecular formula is C36H54N4. The minimum Gasteiger partial charge on any atom is -0.358 e. The number of allylic oxidation sites excluding steroid dienone is 6. The minimum atomic E-state index is 0.428. The normalized spacial score (nSPS) is 16.3. The third-order valence-corrected chi connectivity index (χ3v) is 6.70. The van der Waals surface area contributed by atoms with E-state index in [4.69, 9.17) is 4.99 Å². The molecule has 4 nitrogen and oxygen atoms in total. The molecule has 0 amide bonds. The first kappa shape index (κ1) is 34.9. The van der Waals surface area contributed by atoms with E-state index in [1.54, 1.807) is 0 Å². The Kier molecular flexibility index (Phi) is 18.0. The summed E-state index contributed by atoms with van der Waals surface area (Å²) in [6.45, 7) is 25.6. The Labute approximate surface area is 245 Å². The highest BCUT2D eigenvalue weighted by Gasteiger charge is 2.30. The summed E-state index contributed by atoms with van der Waals surface area (Å²) < 4.78 is 0. The van der Waals surface area contributed by atoms with Gasteiger partial charge in [0, 0.05) is 31.0 Å². The van der Waals surface area contributed by atoms with Crippen LogP contribution in [0.3, 0.4) is 0 Å². The van der Waals surface area contributed by atoms with Gasteiger partial charge in [0.2, 0.25) is 0 Å². The van der Waals surface area contributed by atoms with Crippen molar-refractivity contribution in [3.63, 3.8) is 0 Å². The van der Waals surface area contributed by atoms with Crippen LogP contribution in [0.15, 0.2) is 108 Å². The Morgan fingerprint density at radius 2 is 1.95 bits per heavy atom. The van der Waals surface area contributed by atoms with E-state index in [0.29, 0.717) is 6.04 Å². The van der Waals surface area contributed by atoms with E-state index >= 15 is 0 Å². The van der Waals surface area contributed by atoms with Gasteiger partial charge in [-0.3, -0.25) is 9.89 Å². The van der Waals surface area contributed by atoms with Gasteiger partial charge in [0.15, 0.2) is 0 Å². The lowest BCUT2D eigenvalue weighted by Crippen LogP contribution is -2.46. The predicted molar refractivity (Wildman–Crippen MR) is 179 cm³/mol. The van der Waals surface area contributed by atoms with Gasteiger partial charge >= 0.3 is 0 Å². The van der Waals surface area contributed by atoms with Crippen LogP contribution < -0.4 is 10.6 Å². The van der Waals surface area contributed by atoms with Gasteiger partial charge in [-0.25, -0.2) is 0 Å². The van der Waals surface area contributed by atoms with Crippen LogP contribution in [0, 0.1) is 6.92 Å². The van der Waals surface area contributed by atoms with Crippen molar-refractivity contribution in [1.82, 2.24) is 10.2 Å². The fourth-order valence-corrected chi connectivity index (χ4v) is 4.73. The third kappa shape index (κ3) is 12.8. The summed E-state index contributed by atoms with van der Waals surface area (Å²) in [4.78, 5) is 7.51. The van der Waals surface area contributed by atoms with Crippen molar-refractivity contribution in [2.24, 2.45) is 4.99 Å². The highest BCUT2D eigenvalue weighted by atomic mass is 15.2. The summed E-state index contributed by atoms with van der Waals surface area (Å²) in [5.41, 5.74) is 11.2. The topological polar surface area (TPSA) is 39.7 Å². The average Bonchev–Trinajstić information content (AvgIpc) is 2.97. The van der Waals surface area contributed by atoms with Crippen LogP contribution in [0.25, 0.3) is 0 Å². The van der Waals surface area contributed by atoms with Crippen LogP contribution in [0.1, 0.15) is 65.4 Å². The zero-order valence-electron chi connectivity index (χ0n) is 26.2. The number of nitrogens with zero attached hydrogens (tertiary/aromatic N) is 2. The van der Waals surface area contributed by atoms with Crippen LogP contribution in [-0.4, -0.2) is 49.9 Å². The smallest absolute Gasteiger partial charge is 0.0549 e. The molecule has 1 fully saturated rings. The molecule has 4 heteroatoms. The largest absolute Gasteiger partial charge is 0.358 e. The molecule has 0 radical (unpaired) electrons. The SMILES string of the molecule is C=C(CN(CCCNC)C1CCCC2=CCCN=C21)Nc1ccccc1C.C=C=CC(/C=C\C(=C)C)=C/C.CC. The number of para-hydroxylation sites is 1. The maximum atomic E-state index is 4.93. The monoisotopic (exact) mass is 542 g/mol. The fraction of sp³-hybridized carbons (Fsp3) is 0.444. The van der Waals surface area contributed by atoms with Gasteiger partial charge in [-0.2, -0.15) is 0 Å². The molecule has 40 heavy (non-hydrogen) atoms. The Bertz CT molecular complexity index is 1100. The second-order valence-electron chi connectivity index (χ2n) is 9.98. The lowest BCUT2D eigenvalue weighted by Gasteiger charge is -2.38. The fourth-order valence-electron chi connectivity index (χ4n) is 4.73. The first-order valence-corrected chi connectivity index (χ1v) is 14.9. The minimum absolute atomic E-state index is 0.428. The van der Waals surface area contributed by atoms with E-state index in [-0.39, 0.29) is 0 Å². The first-order chi connectivity index (χ1) is 19.4. The molecule has 0 saturated heterocycles. The molecule has 3 rings (SSSR count). The number of nitrogens with one attached hydrogen (secondary N) is 2. The number of aryl methyl sites for hydroxylation is 1. The van der Waals surface area contributed by atoms with Crippen molar-refractivity contribution in [1.29, 1.82) is 0 Å². The van der Waals surface area contributed by atoms with Crippen LogP contribution in [0.2, 0.25) is 0 Å². The van der Waals surface area contributed by atoms with Gasteiger partial charge in [-0.1, -0.05) is 81.7 Å². The summed E-state index contributed by atoms with van der Waals surface area (Å²) in [6.07, 6.45) is 16.1. The number of anilines is 1. The molecule has 1 aromatic carbocycles. The van der Waals surface area contributed by atoms with Crippen LogP contribution in [0.5, 0.6) is 0 Å². The van der Waals surface area contributed by atoms with Gasteiger partial charge in [0.05, 0.1) is 11.8 Å². The van der Waals surface area contributed by atoms with E-state index in [1.165, 1.54) is 36.1 Å². The summed E-state index contributed by atoms with van der Waals surface area (Å²) in [5, 5.41) is 6.81. The van der Waals surface area contributed by atoms with Crippen LogP contribution in [0.4, 0.5) is 5.69 Å². The van der Waals surface area contributed by atoms with Crippen molar-refractivity contribution >= 4 is 11.4 Å². The van der Waals surface area contributed by atoms with Crippen molar-refractivity contribution in [3.05, 3.63) is 108 Å². The number of hydrogen-bond acceptors (Lipinski definition) is 4. The zero-order valence-corrected chi connectivity index (χ0v) is 26.2. The zero-order chi connectivity index (χ0) is 29.8. The lowest BCUT2D eigenvalue weighted by atomic mass is 9.85. The second kappa shape index (κ2) is 20.7. The highest BCUT2D eigenvalue weighted by molar-refractivity contribution is 6.05. The maximum Gasteiger partial charge on any atom is 0.0549 e. The number of benzene rings is 1. The Balaban J connectivity index is 0.000000520. The first-order valence-electron chi connectivity index (χ1n) is 14.9.